The van der Waals surface area contributed by atoms with Crippen molar-refractivity contribution in [3.05, 3.63) is 179 Å². The van der Waals surface area contributed by atoms with Gasteiger partial charge < -0.3 is 14.2 Å². The number of hydrogen-bond donors (Lipinski definition) is 0. The van der Waals surface area contributed by atoms with Crippen LogP contribution >= 0.6 is 11.3 Å². The number of rotatable bonds is 4. The molecule has 1 aliphatic heterocycles. The Balaban J connectivity index is 1.26. The van der Waals surface area contributed by atoms with Crippen LogP contribution in [0.2, 0.25) is 0 Å². The quantitative estimate of drug-likeness (QED) is 0.174. The highest BCUT2D eigenvalue weighted by molar-refractivity contribution is 7.26. The van der Waals surface area contributed by atoms with Crippen LogP contribution in [-0.4, -0.2) is 0 Å². The summed E-state index contributed by atoms with van der Waals surface area (Å²) in [4.78, 5) is 18.6. The molecule has 0 saturated carbocycles. The first-order valence-electron chi connectivity index (χ1n) is 17.2. The number of anilines is 6. The number of hydrogen-bond acceptors (Lipinski definition) is 5. The highest BCUT2D eigenvalue weighted by Crippen LogP contribution is 2.57. The van der Waals surface area contributed by atoms with E-state index in [2.05, 4.69) is 145 Å². The van der Waals surface area contributed by atoms with E-state index in [1.165, 1.54) is 31.3 Å². The van der Waals surface area contributed by atoms with E-state index >= 15 is 0 Å². The molecular formula is C46H32N2O2S. The normalized spacial score (nSPS) is 13.5. The van der Waals surface area contributed by atoms with Crippen LogP contribution in [0.25, 0.3) is 42.1 Å². The maximum atomic E-state index is 14.0. The topological polar surface area (TPSA) is 36.7 Å². The van der Waals surface area contributed by atoms with Gasteiger partial charge in [-0.2, -0.15) is 0 Å². The van der Waals surface area contributed by atoms with Gasteiger partial charge in [0.2, 0.25) is 5.43 Å². The third kappa shape index (κ3) is 4.48. The first-order valence-corrected chi connectivity index (χ1v) is 18.0. The Morgan fingerprint density at radius 1 is 0.569 bits per heavy atom. The van der Waals surface area contributed by atoms with E-state index in [-0.39, 0.29) is 10.8 Å². The molecule has 2 aromatic heterocycles. The lowest BCUT2D eigenvalue weighted by Gasteiger charge is -2.43. The molecule has 0 fully saturated rings. The third-order valence-electron chi connectivity index (χ3n) is 10.4. The third-order valence-corrected chi connectivity index (χ3v) is 11.6. The summed E-state index contributed by atoms with van der Waals surface area (Å²) in [5, 5.41) is 3.65. The standard InChI is InChI=1S/C46H32N2O2S/c1-46(2)37-24-23-34-33-17-10-12-20-42(33)51-45(34)43(37)48(31-22-26-41-36(27-31)44(49)35-18-9-11-19-40(35)50-41)39-25-21-32(28-38(39)46)47(29-13-5-3-6-14-29)30-15-7-4-8-16-30/h3-28H,1-2H3. The van der Waals surface area contributed by atoms with Crippen LogP contribution in [0.3, 0.4) is 0 Å². The predicted octanol–water partition coefficient (Wildman–Crippen LogP) is 12.9. The maximum absolute atomic E-state index is 14.0. The van der Waals surface area contributed by atoms with Gasteiger partial charge in [0.05, 0.1) is 26.8 Å². The Morgan fingerprint density at radius 2 is 1.24 bits per heavy atom. The molecule has 1 aliphatic rings. The van der Waals surface area contributed by atoms with Crippen molar-refractivity contribution in [3.63, 3.8) is 0 Å². The fraction of sp³-hybridized carbons (Fsp3) is 0.0652. The van der Waals surface area contributed by atoms with Gasteiger partial charge in [0.15, 0.2) is 0 Å². The number of nitrogens with zero attached hydrogens (tertiary/aromatic N) is 2. The van der Waals surface area contributed by atoms with Crippen molar-refractivity contribution >= 4 is 87.6 Å². The molecule has 5 heteroatoms. The lowest BCUT2D eigenvalue weighted by Crippen LogP contribution is -2.31. The van der Waals surface area contributed by atoms with Gasteiger partial charge in [0, 0.05) is 43.6 Å². The van der Waals surface area contributed by atoms with Crippen molar-refractivity contribution in [1.82, 2.24) is 0 Å². The van der Waals surface area contributed by atoms with E-state index < -0.39 is 0 Å². The Bertz CT molecular complexity index is 2830. The molecule has 0 N–H and O–H groups in total. The second-order valence-electron chi connectivity index (χ2n) is 13.7. The minimum atomic E-state index is -0.341. The van der Waals surface area contributed by atoms with Crippen LogP contribution in [0.5, 0.6) is 0 Å². The molecule has 0 saturated heterocycles. The summed E-state index contributed by atoms with van der Waals surface area (Å²) in [7, 11) is 0. The van der Waals surface area contributed by atoms with E-state index in [4.69, 9.17) is 4.42 Å². The van der Waals surface area contributed by atoms with Crippen LogP contribution in [0.1, 0.15) is 25.0 Å². The Kier molecular flexibility index (Phi) is 6.51. The highest BCUT2D eigenvalue weighted by Gasteiger charge is 2.39. The smallest absolute Gasteiger partial charge is 0.200 e. The van der Waals surface area contributed by atoms with Gasteiger partial charge in [0.1, 0.15) is 11.2 Å². The zero-order valence-electron chi connectivity index (χ0n) is 28.1. The minimum absolute atomic E-state index is 0.0248. The summed E-state index contributed by atoms with van der Waals surface area (Å²) in [6.07, 6.45) is 0. The largest absolute Gasteiger partial charge is 0.456 e. The molecule has 0 atom stereocenters. The minimum Gasteiger partial charge on any atom is -0.456 e. The molecule has 10 rings (SSSR count). The van der Waals surface area contributed by atoms with Crippen molar-refractivity contribution in [2.45, 2.75) is 19.3 Å². The number of para-hydroxylation sites is 3. The Labute approximate surface area is 299 Å². The van der Waals surface area contributed by atoms with Crippen LogP contribution in [0, 0.1) is 0 Å². The van der Waals surface area contributed by atoms with Crippen molar-refractivity contribution in [2.75, 3.05) is 9.80 Å². The maximum Gasteiger partial charge on any atom is 0.200 e. The van der Waals surface area contributed by atoms with Crippen LogP contribution in [0.15, 0.2) is 167 Å². The molecule has 0 aliphatic carbocycles. The van der Waals surface area contributed by atoms with Gasteiger partial charge >= 0.3 is 0 Å². The van der Waals surface area contributed by atoms with E-state index in [9.17, 15) is 4.79 Å². The molecule has 0 radical (unpaired) electrons. The first kappa shape index (κ1) is 29.7. The summed E-state index contributed by atoms with van der Waals surface area (Å²) in [5.74, 6) is 0. The average molecular weight is 677 g/mol. The van der Waals surface area contributed by atoms with Crippen LogP contribution in [0.4, 0.5) is 34.1 Å². The lowest BCUT2D eigenvalue weighted by molar-refractivity contribution is 0.633. The summed E-state index contributed by atoms with van der Waals surface area (Å²) >= 11 is 1.83. The molecule has 9 aromatic rings. The van der Waals surface area contributed by atoms with Gasteiger partial charge in [-0.3, -0.25) is 4.79 Å². The molecule has 0 unspecified atom stereocenters. The second-order valence-corrected chi connectivity index (χ2v) is 14.8. The molecule has 4 nitrogen and oxygen atoms in total. The van der Waals surface area contributed by atoms with E-state index in [0.29, 0.717) is 21.9 Å². The number of thiophene rings is 1. The Hall–Kier alpha value is -6.17. The van der Waals surface area contributed by atoms with Gasteiger partial charge in [-0.15, -0.1) is 11.3 Å². The SMILES string of the molecule is CC1(C)c2cc(N(c3ccccc3)c3ccccc3)ccc2N(c2ccc3oc4ccccc4c(=O)c3c2)c2c1ccc1c2sc2ccccc21. The molecule has 0 bridgehead atoms. The van der Waals surface area contributed by atoms with Crippen molar-refractivity contribution in [1.29, 1.82) is 0 Å². The zero-order valence-corrected chi connectivity index (χ0v) is 28.9. The number of fused-ring (bicyclic) bond motifs is 8. The lowest BCUT2D eigenvalue weighted by atomic mass is 9.73. The molecule has 3 heterocycles. The van der Waals surface area contributed by atoms with Gasteiger partial charge in [-0.1, -0.05) is 92.7 Å². The van der Waals surface area contributed by atoms with E-state index in [0.717, 1.165) is 34.1 Å². The fourth-order valence-electron chi connectivity index (χ4n) is 7.93. The van der Waals surface area contributed by atoms with E-state index in [1.54, 1.807) is 0 Å². The summed E-state index contributed by atoms with van der Waals surface area (Å²) in [6, 6.07) is 54.7. The van der Waals surface area contributed by atoms with E-state index in [1.807, 2.05) is 47.7 Å². The predicted molar refractivity (Wildman–Crippen MR) is 214 cm³/mol. The molecule has 7 aromatic carbocycles. The fourth-order valence-corrected chi connectivity index (χ4v) is 9.17. The summed E-state index contributed by atoms with van der Waals surface area (Å²) in [5.41, 5.74) is 9.69. The first-order chi connectivity index (χ1) is 25.0. The average Bonchev–Trinajstić information content (AvgIpc) is 3.56. The molecule has 0 amide bonds. The van der Waals surface area contributed by atoms with Crippen molar-refractivity contribution in [3.8, 4) is 0 Å². The molecular weight excluding hydrogens is 645 g/mol. The Morgan fingerprint density at radius 3 is 2.00 bits per heavy atom. The van der Waals surface area contributed by atoms with Crippen LogP contribution in [-0.2, 0) is 5.41 Å². The molecule has 0 spiro atoms. The van der Waals surface area contributed by atoms with Gasteiger partial charge in [-0.25, -0.2) is 0 Å². The van der Waals surface area contributed by atoms with Crippen LogP contribution < -0.4 is 15.2 Å². The van der Waals surface area contributed by atoms with Gasteiger partial charge in [0.25, 0.3) is 0 Å². The van der Waals surface area contributed by atoms with Gasteiger partial charge in [-0.05, 0) is 90.0 Å². The molecule has 51 heavy (non-hydrogen) atoms. The zero-order chi connectivity index (χ0) is 34.3. The monoisotopic (exact) mass is 676 g/mol. The highest BCUT2D eigenvalue weighted by atomic mass is 32.1. The van der Waals surface area contributed by atoms with Crippen molar-refractivity contribution in [2.24, 2.45) is 0 Å². The van der Waals surface area contributed by atoms with Crippen molar-refractivity contribution < 1.29 is 4.42 Å². The number of benzene rings is 7. The molecule has 244 valence electrons. The second kappa shape index (κ2) is 11.2. The summed E-state index contributed by atoms with van der Waals surface area (Å²) < 4.78 is 8.75. The summed E-state index contributed by atoms with van der Waals surface area (Å²) in [6.45, 7) is 4.67.